The fraction of sp³-hybridized carbons (Fsp3) is 0.370. The van der Waals surface area contributed by atoms with Crippen molar-refractivity contribution in [2.24, 2.45) is 11.8 Å². The van der Waals surface area contributed by atoms with Gasteiger partial charge in [-0.2, -0.15) is 19.0 Å². The zero-order chi connectivity index (χ0) is 28.7. The highest BCUT2D eigenvalue weighted by atomic mass is 35.5. The number of nitrogens with one attached hydrogen (secondary N) is 1. The molecule has 5 heterocycles. The highest BCUT2D eigenvalue weighted by molar-refractivity contribution is 6.31. The van der Waals surface area contributed by atoms with Crippen LogP contribution in [0.4, 0.5) is 14.5 Å². The normalized spacial score (nSPS) is 19.1. The van der Waals surface area contributed by atoms with Crippen molar-refractivity contribution in [3.63, 3.8) is 0 Å². The minimum atomic E-state index is -3.10. The highest BCUT2D eigenvalue weighted by Crippen LogP contribution is 2.37. The minimum absolute atomic E-state index is 0.0973. The van der Waals surface area contributed by atoms with Gasteiger partial charge in [0.2, 0.25) is 5.91 Å². The Balaban J connectivity index is 1.31. The Morgan fingerprint density at radius 3 is 2.88 bits per heavy atom. The number of piperidine rings is 1. The number of likely N-dealkylation sites (tertiary alicyclic amines) is 2. The lowest BCUT2D eigenvalue weighted by Gasteiger charge is -2.34. The zero-order valence-electron chi connectivity index (χ0n) is 22.1. The van der Waals surface area contributed by atoms with Crippen LogP contribution in [0, 0.1) is 11.8 Å². The zero-order valence-corrected chi connectivity index (χ0v) is 22.8. The van der Waals surface area contributed by atoms with Crippen molar-refractivity contribution < 1.29 is 23.1 Å². The SMILES string of the molecule is CN1C[C@H]2CCN(C(=O)Cn3cc(NC(=O)c4cnn5cccnc45)c(-c4cc(Cl)ccc4OC(F)F)n3)C[C@H]2C1. The van der Waals surface area contributed by atoms with E-state index in [1.807, 2.05) is 4.90 Å². The van der Waals surface area contributed by atoms with Crippen LogP contribution in [0.3, 0.4) is 0 Å². The molecule has 2 fully saturated rings. The quantitative estimate of drug-likeness (QED) is 0.354. The van der Waals surface area contributed by atoms with E-state index in [-0.39, 0.29) is 45.7 Å². The van der Waals surface area contributed by atoms with E-state index in [2.05, 4.69) is 32.4 Å². The highest BCUT2D eigenvalue weighted by Gasteiger charge is 2.37. The Hall–Kier alpha value is -4.10. The summed E-state index contributed by atoms with van der Waals surface area (Å²) in [6.45, 7) is 0.140. The van der Waals surface area contributed by atoms with E-state index in [9.17, 15) is 18.4 Å². The summed E-state index contributed by atoms with van der Waals surface area (Å²) >= 11 is 6.21. The Morgan fingerprint density at radius 1 is 1.22 bits per heavy atom. The molecule has 2 atom stereocenters. The van der Waals surface area contributed by atoms with Gasteiger partial charge in [-0.05, 0) is 49.6 Å². The molecule has 2 aliphatic heterocycles. The van der Waals surface area contributed by atoms with E-state index < -0.39 is 12.5 Å². The Bertz CT molecular complexity index is 1610. The fourth-order valence-corrected chi connectivity index (χ4v) is 5.90. The Kier molecular flexibility index (Phi) is 7.30. The number of rotatable bonds is 7. The first-order valence-corrected chi connectivity index (χ1v) is 13.5. The molecule has 2 amide bonds. The molecule has 1 aromatic carbocycles. The van der Waals surface area contributed by atoms with Gasteiger partial charge in [-0.25, -0.2) is 9.50 Å². The third-order valence-corrected chi connectivity index (χ3v) is 7.82. The van der Waals surface area contributed by atoms with Crippen LogP contribution in [0.25, 0.3) is 16.9 Å². The van der Waals surface area contributed by atoms with Gasteiger partial charge in [-0.3, -0.25) is 14.3 Å². The van der Waals surface area contributed by atoms with Gasteiger partial charge in [0.15, 0.2) is 5.65 Å². The maximum absolute atomic E-state index is 13.3. The maximum Gasteiger partial charge on any atom is 0.387 e. The molecule has 14 heteroatoms. The first-order chi connectivity index (χ1) is 19.7. The predicted octanol–water partition coefficient (Wildman–Crippen LogP) is 3.51. The second kappa shape index (κ2) is 11.1. The second-order valence-electron chi connectivity index (χ2n) is 10.4. The molecule has 4 aromatic rings. The molecular formula is C27H27ClF2N8O3. The Labute approximate surface area is 238 Å². The topological polar surface area (TPSA) is 110 Å². The van der Waals surface area contributed by atoms with Crippen LogP contribution in [-0.2, 0) is 11.3 Å². The number of nitrogens with zero attached hydrogens (tertiary/aromatic N) is 7. The summed E-state index contributed by atoms with van der Waals surface area (Å²) in [5.41, 5.74) is 0.951. The molecular weight excluding hydrogens is 558 g/mol. The Morgan fingerprint density at radius 2 is 2.05 bits per heavy atom. The number of alkyl halides is 2. The third kappa shape index (κ3) is 5.59. The van der Waals surface area contributed by atoms with Crippen molar-refractivity contribution in [2.75, 3.05) is 38.5 Å². The number of hydrogen-bond acceptors (Lipinski definition) is 7. The number of benzene rings is 1. The summed E-state index contributed by atoms with van der Waals surface area (Å²) < 4.78 is 34.0. The predicted molar refractivity (Wildman–Crippen MR) is 146 cm³/mol. The number of hydrogen-bond donors (Lipinski definition) is 1. The smallest absolute Gasteiger partial charge is 0.387 e. The molecule has 6 rings (SSSR count). The van der Waals surface area contributed by atoms with E-state index in [4.69, 9.17) is 16.3 Å². The first-order valence-electron chi connectivity index (χ1n) is 13.1. The third-order valence-electron chi connectivity index (χ3n) is 7.58. The van der Waals surface area contributed by atoms with Crippen LogP contribution in [0.15, 0.2) is 49.1 Å². The maximum atomic E-state index is 13.3. The fourth-order valence-electron chi connectivity index (χ4n) is 5.72. The van der Waals surface area contributed by atoms with Crippen molar-refractivity contribution in [1.82, 2.24) is 34.2 Å². The molecule has 0 radical (unpaired) electrons. The van der Waals surface area contributed by atoms with Gasteiger partial charge in [-0.15, -0.1) is 0 Å². The van der Waals surface area contributed by atoms with Gasteiger partial charge in [0.25, 0.3) is 5.91 Å². The summed E-state index contributed by atoms with van der Waals surface area (Å²) in [6.07, 6.45) is 7.00. The number of fused-ring (bicyclic) bond motifs is 2. The number of aromatic nitrogens is 5. The van der Waals surface area contributed by atoms with E-state index in [1.165, 1.54) is 46.0 Å². The van der Waals surface area contributed by atoms with Crippen LogP contribution in [0.2, 0.25) is 5.02 Å². The van der Waals surface area contributed by atoms with Crippen molar-refractivity contribution >= 4 is 34.7 Å². The van der Waals surface area contributed by atoms with Crippen molar-refractivity contribution in [2.45, 2.75) is 19.6 Å². The van der Waals surface area contributed by atoms with Crippen LogP contribution >= 0.6 is 11.6 Å². The van der Waals surface area contributed by atoms with E-state index in [0.717, 1.165) is 19.5 Å². The molecule has 11 nitrogen and oxygen atoms in total. The van der Waals surface area contributed by atoms with Gasteiger partial charge in [0, 0.05) is 55.4 Å². The monoisotopic (exact) mass is 584 g/mol. The lowest BCUT2D eigenvalue weighted by atomic mass is 9.89. The second-order valence-corrected chi connectivity index (χ2v) is 10.8. The van der Waals surface area contributed by atoms with Crippen LogP contribution in [-0.4, -0.2) is 85.8 Å². The number of carbonyl (C=O) groups is 2. The molecule has 3 aromatic heterocycles. The number of carbonyl (C=O) groups excluding carboxylic acids is 2. The summed E-state index contributed by atoms with van der Waals surface area (Å²) in [7, 11) is 2.09. The van der Waals surface area contributed by atoms with Crippen LogP contribution < -0.4 is 10.1 Å². The molecule has 2 saturated heterocycles. The summed E-state index contributed by atoms with van der Waals surface area (Å²) in [4.78, 5) is 35.0. The van der Waals surface area contributed by atoms with Gasteiger partial charge < -0.3 is 19.9 Å². The van der Waals surface area contributed by atoms with Gasteiger partial charge in [0.05, 0.1) is 11.9 Å². The standard InChI is InChI=1S/C27H27ClF2N8O3/c1-35-11-16-5-8-36(13-17(16)12-35)23(39)15-37-14-21(33-26(40)20-10-32-38-7-2-6-31-25(20)38)24(34-37)19-9-18(28)3-4-22(19)41-27(29)30/h2-4,6-7,9-10,14,16-17,27H,5,8,11-13,15H2,1H3,(H,33,40)/t16-,17-/m1/s1. The van der Waals surface area contributed by atoms with Crippen molar-refractivity contribution in [3.05, 3.63) is 59.6 Å². The van der Waals surface area contributed by atoms with Gasteiger partial charge >= 0.3 is 6.61 Å². The molecule has 0 bridgehead atoms. The molecule has 0 unspecified atom stereocenters. The van der Waals surface area contributed by atoms with E-state index >= 15 is 0 Å². The minimum Gasteiger partial charge on any atom is -0.434 e. The molecule has 1 N–H and O–H groups in total. The molecule has 0 saturated carbocycles. The summed E-state index contributed by atoms with van der Waals surface area (Å²) in [5.74, 6) is 0.179. The number of amides is 2. The molecule has 214 valence electrons. The lowest BCUT2D eigenvalue weighted by Crippen LogP contribution is -2.44. The molecule has 0 aliphatic carbocycles. The summed E-state index contributed by atoms with van der Waals surface area (Å²) in [5, 5.41) is 11.7. The summed E-state index contributed by atoms with van der Waals surface area (Å²) in [6, 6.07) is 5.81. The van der Waals surface area contributed by atoms with Crippen LogP contribution in [0.1, 0.15) is 16.8 Å². The number of anilines is 1. The van der Waals surface area contributed by atoms with Gasteiger partial charge in [0.1, 0.15) is 23.6 Å². The van der Waals surface area contributed by atoms with Gasteiger partial charge in [-0.1, -0.05) is 11.6 Å². The average Bonchev–Trinajstić information content (AvgIpc) is 3.64. The molecule has 0 spiro atoms. The van der Waals surface area contributed by atoms with E-state index in [0.29, 0.717) is 30.6 Å². The number of halogens is 3. The first kappa shape index (κ1) is 27.1. The van der Waals surface area contributed by atoms with Crippen molar-refractivity contribution in [1.29, 1.82) is 0 Å². The average molecular weight is 585 g/mol. The van der Waals surface area contributed by atoms with Crippen molar-refractivity contribution in [3.8, 4) is 17.0 Å². The molecule has 41 heavy (non-hydrogen) atoms. The van der Waals surface area contributed by atoms with E-state index in [1.54, 1.807) is 12.3 Å². The van der Waals surface area contributed by atoms with Crippen LogP contribution in [0.5, 0.6) is 5.75 Å². The largest absolute Gasteiger partial charge is 0.434 e. The lowest BCUT2D eigenvalue weighted by molar-refractivity contribution is -0.134. The number of ether oxygens (including phenoxy) is 1. The molecule has 2 aliphatic rings.